The molecule has 10 nitrogen and oxygen atoms in total. The number of piperidine rings is 1. The quantitative estimate of drug-likeness (QED) is 0.157. The molecule has 11 rings (SSSR count). The first-order valence-corrected chi connectivity index (χ1v) is 21.0. The molecule has 3 aliphatic carbocycles. The van der Waals surface area contributed by atoms with E-state index >= 15 is 0 Å². The van der Waals surface area contributed by atoms with Crippen molar-refractivity contribution in [3.05, 3.63) is 107 Å². The van der Waals surface area contributed by atoms with Gasteiger partial charge in [0.05, 0.1) is 28.5 Å². The fourth-order valence-electron chi connectivity index (χ4n) is 8.98. The molecule has 0 spiro atoms. The topological polar surface area (TPSA) is 106 Å². The highest BCUT2D eigenvalue weighted by Gasteiger charge is 2.33. The van der Waals surface area contributed by atoms with E-state index in [1.165, 1.54) is 94.7 Å². The van der Waals surface area contributed by atoms with Crippen LogP contribution in [0.1, 0.15) is 129 Å². The number of rotatable bonds is 10. The fraction of sp³-hybridized carbons (Fsp3) is 0.391. The maximum absolute atomic E-state index is 6.33. The van der Waals surface area contributed by atoms with Crippen molar-refractivity contribution in [2.24, 2.45) is 20.0 Å². The summed E-state index contributed by atoms with van der Waals surface area (Å²) in [5, 5.41) is 7.34. The average molecular weight is 745 g/mol. The molecule has 4 aliphatic heterocycles. The summed E-state index contributed by atoms with van der Waals surface area (Å²) in [5.41, 5.74) is 9.07. The first kappa shape index (κ1) is 33.7. The van der Waals surface area contributed by atoms with Gasteiger partial charge in [-0.1, -0.05) is 37.8 Å². The van der Waals surface area contributed by atoms with Gasteiger partial charge in [-0.3, -0.25) is 0 Å². The lowest BCUT2D eigenvalue weighted by atomic mass is 9.89. The lowest BCUT2D eigenvalue weighted by Gasteiger charge is -2.32. The van der Waals surface area contributed by atoms with Gasteiger partial charge in [-0.05, 0) is 118 Å². The minimum atomic E-state index is 0.542. The Morgan fingerprint density at radius 2 is 1.27 bits per heavy atom. The minimum absolute atomic E-state index is 0.542. The van der Waals surface area contributed by atoms with E-state index in [1.54, 1.807) is 6.34 Å². The molecule has 56 heavy (non-hydrogen) atoms. The van der Waals surface area contributed by atoms with Gasteiger partial charge in [0.25, 0.3) is 0 Å². The largest absolute Gasteiger partial charge is 0.445 e. The van der Waals surface area contributed by atoms with E-state index < -0.39 is 0 Å². The second-order valence-electron chi connectivity index (χ2n) is 16.5. The van der Waals surface area contributed by atoms with Crippen molar-refractivity contribution in [2.45, 2.75) is 101 Å². The van der Waals surface area contributed by atoms with Crippen molar-refractivity contribution >= 4 is 58.5 Å². The van der Waals surface area contributed by atoms with Crippen LogP contribution in [0.4, 0.5) is 28.8 Å². The van der Waals surface area contributed by atoms with Gasteiger partial charge in [0.15, 0.2) is 11.8 Å². The van der Waals surface area contributed by atoms with Crippen LogP contribution in [0.2, 0.25) is 0 Å². The normalized spacial score (nSPS) is 21.0. The van der Waals surface area contributed by atoms with Crippen molar-refractivity contribution in [3.8, 4) is 0 Å². The van der Waals surface area contributed by atoms with Crippen molar-refractivity contribution in [2.75, 3.05) is 28.6 Å². The highest BCUT2D eigenvalue weighted by molar-refractivity contribution is 6.24. The number of nitrogens with zero attached hydrogens (tertiary/aromatic N) is 6. The van der Waals surface area contributed by atoms with Crippen molar-refractivity contribution < 1.29 is 8.83 Å². The zero-order valence-corrected chi connectivity index (χ0v) is 31.8. The molecule has 4 fully saturated rings. The van der Waals surface area contributed by atoms with Crippen LogP contribution in [-0.4, -0.2) is 42.0 Å². The van der Waals surface area contributed by atoms with E-state index in [0.717, 1.165) is 76.0 Å². The first-order chi connectivity index (χ1) is 27.7. The van der Waals surface area contributed by atoms with Gasteiger partial charge in [-0.2, -0.15) is 0 Å². The van der Waals surface area contributed by atoms with Crippen LogP contribution < -0.4 is 15.5 Å². The maximum Gasteiger partial charge on any atom is 0.239 e. The molecule has 0 radical (unpaired) electrons. The highest BCUT2D eigenvalue weighted by Crippen LogP contribution is 2.44. The third kappa shape index (κ3) is 6.69. The second kappa shape index (κ2) is 14.1. The second-order valence-corrected chi connectivity index (χ2v) is 16.5. The molecular weight excluding hydrogens is 697 g/mol. The Morgan fingerprint density at radius 1 is 0.589 bits per heavy atom. The molecule has 0 unspecified atom stereocenters. The predicted molar refractivity (Wildman–Crippen MR) is 225 cm³/mol. The molecule has 3 saturated carbocycles. The van der Waals surface area contributed by atoms with Crippen molar-refractivity contribution in [1.29, 1.82) is 0 Å². The van der Waals surface area contributed by atoms with Crippen molar-refractivity contribution in [3.63, 3.8) is 0 Å². The first-order valence-electron chi connectivity index (χ1n) is 21.0. The van der Waals surface area contributed by atoms with E-state index in [9.17, 15) is 0 Å². The highest BCUT2D eigenvalue weighted by atomic mass is 16.4. The molecule has 0 amide bonds. The summed E-state index contributed by atoms with van der Waals surface area (Å²) in [5.74, 6) is 6.39. The summed E-state index contributed by atoms with van der Waals surface area (Å²) in [4.78, 5) is 24.0. The smallest absolute Gasteiger partial charge is 0.239 e. The SMILES string of the molecule is C1=NC2=NC(c3ccc(N4CCCCC4)cc3Nc3ccc(C4CC4)o3)=CC3=CC(c4ccc(C5CCCCCC5)cc4Nc4ccc(C5CC5)o4)=NC(=N1)N32. The Hall–Kier alpha value is -5.64. The van der Waals surface area contributed by atoms with E-state index in [1.807, 2.05) is 4.90 Å². The minimum Gasteiger partial charge on any atom is -0.445 e. The van der Waals surface area contributed by atoms with Gasteiger partial charge in [0, 0.05) is 53.9 Å². The molecule has 10 heteroatoms. The number of nitrogens with one attached hydrogen (secondary N) is 2. The molecule has 0 bridgehead atoms. The van der Waals surface area contributed by atoms with Gasteiger partial charge >= 0.3 is 0 Å². The Morgan fingerprint density at radius 3 is 1.98 bits per heavy atom. The van der Waals surface area contributed by atoms with E-state index in [4.69, 9.17) is 18.8 Å². The molecule has 6 heterocycles. The summed E-state index contributed by atoms with van der Waals surface area (Å²) in [6.45, 7) is 2.13. The van der Waals surface area contributed by atoms with Crippen LogP contribution >= 0.6 is 0 Å². The number of benzene rings is 2. The Labute approximate surface area is 327 Å². The Bertz CT molecular complexity index is 2350. The lowest BCUT2D eigenvalue weighted by molar-refractivity contribution is 0.527. The molecular formula is C46H48N8O2. The number of furan rings is 2. The third-order valence-corrected chi connectivity index (χ3v) is 12.4. The van der Waals surface area contributed by atoms with Gasteiger partial charge < -0.3 is 24.4 Å². The van der Waals surface area contributed by atoms with Crippen LogP contribution in [0.3, 0.4) is 0 Å². The van der Waals surface area contributed by atoms with E-state index in [0.29, 0.717) is 29.7 Å². The number of hydrogen-bond donors (Lipinski definition) is 2. The maximum atomic E-state index is 6.33. The summed E-state index contributed by atoms with van der Waals surface area (Å²) in [7, 11) is 0. The molecule has 4 aromatic rings. The predicted octanol–water partition coefficient (Wildman–Crippen LogP) is 11.3. The van der Waals surface area contributed by atoms with Crippen LogP contribution in [0, 0.1) is 0 Å². The van der Waals surface area contributed by atoms with E-state index in [2.05, 4.69) is 98.3 Å². The molecule has 2 N–H and O–H groups in total. The van der Waals surface area contributed by atoms with E-state index in [-0.39, 0.29) is 0 Å². The molecule has 1 saturated heterocycles. The standard InChI is InChI=1S/C46H48N8O2/c1-2-5-9-29(8-4-1)32-14-16-35(37(24-32)49-43-20-18-41(55-43)30-10-11-30)39-26-34-27-40(52-46-48-28-47-45(51-39)54(34)46)36-17-15-33(53-22-6-3-7-23-53)25-38(36)50-44-21-19-42(56-44)31-12-13-31/h14-21,24-31,49-50H,1-13,22-23H2. The van der Waals surface area contributed by atoms with Crippen LogP contribution in [0.15, 0.2) is 107 Å². The summed E-state index contributed by atoms with van der Waals surface area (Å²) in [6.07, 6.45) is 22.0. The Kier molecular flexibility index (Phi) is 8.50. The van der Waals surface area contributed by atoms with Crippen LogP contribution in [0.25, 0.3) is 5.70 Å². The van der Waals surface area contributed by atoms with Crippen molar-refractivity contribution in [1.82, 2.24) is 4.90 Å². The Balaban J connectivity index is 0.975. The number of allylic oxidation sites excluding steroid dienone is 2. The van der Waals surface area contributed by atoms with Crippen LogP contribution in [0.5, 0.6) is 0 Å². The molecule has 284 valence electrons. The third-order valence-electron chi connectivity index (χ3n) is 12.4. The number of anilines is 5. The van der Waals surface area contributed by atoms with Crippen LogP contribution in [-0.2, 0) is 0 Å². The number of hydrogen-bond acceptors (Lipinski definition) is 10. The number of guanidine groups is 2. The average Bonchev–Trinajstić information content (AvgIpc) is 4.18. The monoisotopic (exact) mass is 744 g/mol. The molecule has 7 aliphatic rings. The van der Waals surface area contributed by atoms with Gasteiger partial charge in [0.1, 0.15) is 17.9 Å². The fourth-order valence-corrected chi connectivity index (χ4v) is 8.98. The summed E-state index contributed by atoms with van der Waals surface area (Å²) in [6, 6.07) is 21.9. The zero-order valence-electron chi connectivity index (χ0n) is 31.8. The van der Waals surface area contributed by atoms with Gasteiger partial charge in [0.2, 0.25) is 11.9 Å². The number of aliphatic imine (C=N–C) groups is 4. The van der Waals surface area contributed by atoms with Gasteiger partial charge in [-0.15, -0.1) is 0 Å². The zero-order chi connectivity index (χ0) is 37.0. The lowest BCUT2D eigenvalue weighted by Crippen LogP contribution is -2.40. The summed E-state index contributed by atoms with van der Waals surface area (Å²) < 4.78 is 12.6. The molecule has 0 atom stereocenters. The molecule has 2 aromatic carbocycles. The molecule has 2 aromatic heterocycles. The van der Waals surface area contributed by atoms with Gasteiger partial charge in [-0.25, -0.2) is 24.9 Å². The summed E-state index contributed by atoms with van der Waals surface area (Å²) >= 11 is 0.